The van der Waals surface area contributed by atoms with Gasteiger partial charge in [0.2, 0.25) is 0 Å². The van der Waals surface area contributed by atoms with Crippen LogP contribution in [0.3, 0.4) is 0 Å². The summed E-state index contributed by atoms with van der Waals surface area (Å²) in [6.07, 6.45) is 2.04. The predicted octanol–water partition coefficient (Wildman–Crippen LogP) is 2.04. The quantitative estimate of drug-likeness (QED) is 0.802. The minimum atomic E-state index is -0.171. The lowest BCUT2D eigenvalue weighted by atomic mass is 9.86. The van der Waals surface area contributed by atoms with Gasteiger partial charge < -0.3 is 10.5 Å². The Morgan fingerprint density at radius 3 is 2.60 bits per heavy atom. The zero-order valence-corrected chi connectivity index (χ0v) is 9.49. The van der Waals surface area contributed by atoms with Crippen LogP contribution in [0.15, 0.2) is 24.3 Å². The number of rotatable bonds is 2. The number of nitrogens with two attached hydrogens (primary N) is 1. The van der Waals surface area contributed by atoms with Gasteiger partial charge in [-0.3, -0.25) is 0 Å². The van der Waals surface area contributed by atoms with Crippen molar-refractivity contribution in [2.45, 2.75) is 38.3 Å². The summed E-state index contributed by atoms with van der Waals surface area (Å²) in [6.45, 7) is 4.97. The van der Waals surface area contributed by atoms with E-state index in [0.717, 1.165) is 19.4 Å². The van der Waals surface area contributed by atoms with E-state index < -0.39 is 0 Å². The fourth-order valence-electron chi connectivity index (χ4n) is 2.11. The second kappa shape index (κ2) is 3.95. The van der Waals surface area contributed by atoms with E-state index in [1.807, 2.05) is 0 Å². The van der Waals surface area contributed by atoms with E-state index in [9.17, 15) is 0 Å². The van der Waals surface area contributed by atoms with E-state index in [4.69, 9.17) is 10.5 Å². The van der Waals surface area contributed by atoms with Crippen LogP contribution in [0.1, 0.15) is 24.5 Å². The van der Waals surface area contributed by atoms with Gasteiger partial charge in [-0.2, -0.15) is 0 Å². The number of hydrogen-bond acceptors (Lipinski definition) is 2. The molecule has 82 valence electrons. The summed E-state index contributed by atoms with van der Waals surface area (Å²) < 4.78 is 5.54. The fraction of sp³-hybridized carbons (Fsp3) is 0.538. The second-order valence-electron chi connectivity index (χ2n) is 4.66. The fourth-order valence-corrected chi connectivity index (χ4v) is 2.11. The maximum atomic E-state index is 6.35. The van der Waals surface area contributed by atoms with Gasteiger partial charge in [-0.1, -0.05) is 29.8 Å². The molecular formula is C13H19NO. The smallest absolute Gasteiger partial charge is 0.0730 e. The Morgan fingerprint density at radius 1 is 1.40 bits per heavy atom. The maximum absolute atomic E-state index is 6.35. The number of benzene rings is 1. The molecule has 0 spiro atoms. The highest BCUT2D eigenvalue weighted by molar-refractivity contribution is 5.23. The van der Waals surface area contributed by atoms with Crippen LogP contribution in [0.25, 0.3) is 0 Å². The molecule has 2 atom stereocenters. The molecule has 1 aromatic carbocycles. The Morgan fingerprint density at radius 2 is 2.07 bits per heavy atom. The second-order valence-corrected chi connectivity index (χ2v) is 4.66. The van der Waals surface area contributed by atoms with Crippen LogP contribution in [0, 0.1) is 6.92 Å². The SMILES string of the molecule is Cc1ccc(CC2(N)CCOC2C)cc1. The lowest BCUT2D eigenvalue weighted by Crippen LogP contribution is -2.47. The van der Waals surface area contributed by atoms with Crippen LogP contribution >= 0.6 is 0 Å². The van der Waals surface area contributed by atoms with E-state index in [2.05, 4.69) is 38.1 Å². The summed E-state index contributed by atoms with van der Waals surface area (Å²) >= 11 is 0. The minimum Gasteiger partial charge on any atom is -0.377 e. The largest absolute Gasteiger partial charge is 0.377 e. The number of aryl methyl sites for hydroxylation is 1. The van der Waals surface area contributed by atoms with E-state index in [-0.39, 0.29) is 11.6 Å². The third kappa shape index (κ3) is 2.21. The van der Waals surface area contributed by atoms with Crippen LogP contribution in [-0.2, 0) is 11.2 Å². The molecule has 2 unspecified atom stereocenters. The standard InChI is InChI=1S/C13H19NO/c1-10-3-5-12(6-4-10)9-13(14)7-8-15-11(13)2/h3-6,11H,7-9,14H2,1-2H3. The average Bonchev–Trinajstić information content (AvgIpc) is 2.51. The van der Waals surface area contributed by atoms with Crippen molar-refractivity contribution in [1.82, 2.24) is 0 Å². The van der Waals surface area contributed by atoms with Crippen LogP contribution < -0.4 is 5.73 Å². The maximum Gasteiger partial charge on any atom is 0.0730 e. The first-order valence-electron chi connectivity index (χ1n) is 5.56. The Balaban J connectivity index is 2.11. The first-order chi connectivity index (χ1) is 7.10. The summed E-state index contributed by atoms with van der Waals surface area (Å²) in [6, 6.07) is 8.60. The third-order valence-corrected chi connectivity index (χ3v) is 3.40. The van der Waals surface area contributed by atoms with E-state index in [1.165, 1.54) is 11.1 Å². The van der Waals surface area contributed by atoms with Crippen molar-refractivity contribution in [2.24, 2.45) is 5.73 Å². The Kier molecular flexibility index (Phi) is 2.81. The van der Waals surface area contributed by atoms with Gasteiger partial charge in [-0.05, 0) is 32.3 Å². The zero-order valence-electron chi connectivity index (χ0n) is 9.49. The van der Waals surface area contributed by atoms with Crippen LogP contribution in [0.5, 0.6) is 0 Å². The average molecular weight is 205 g/mol. The van der Waals surface area contributed by atoms with Crippen molar-refractivity contribution in [3.8, 4) is 0 Å². The Bertz CT molecular complexity index is 333. The van der Waals surface area contributed by atoms with Gasteiger partial charge in [0.05, 0.1) is 6.10 Å². The molecule has 0 bridgehead atoms. The van der Waals surface area contributed by atoms with Crippen LogP contribution in [0.4, 0.5) is 0 Å². The molecular weight excluding hydrogens is 186 g/mol. The first-order valence-corrected chi connectivity index (χ1v) is 5.56. The van der Waals surface area contributed by atoms with Gasteiger partial charge in [0.1, 0.15) is 0 Å². The van der Waals surface area contributed by atoms with E-state index in [0.29, 0.717) is 0 Å². The molecule has 1 fully saturated rings. The first kappa shape index (κ1) is 10.7. The molecule has 1 aliphatic heterocycles. The van der Waals surface area contributed by atoms with Crippen molar-refractivity contribution in [2.75, 3.05) is 6.61 Å². The molecule has 2 heteroatoms. The highest BCUT2D eigenvalue weighted by Gasteiger charge is 2.37. The van der Waals surface area contributed by atoms with Crippen molar-refractivity contribution in [3.63, 3.8) is 0 Å². The van der Waals surface area contributed by atoms with E-state index in [1.54, 1.807) is 0 Å². The van der Waals surface area contributed by atoms with Crippen molar-refractivity contribution >= 4 is 0 Å². The molecule has 0 aliphatic carbocycles. The van der Waals surface area contributed by atoms with Gasteiger partial charge in [0, 0.05) is 12.1 Å². The molecule has 1 saturated heterocycles. The summed E-state index contributed by atoms with van der Waals surface area (Å²) in [5.74, 6) is 0. The summed E-state index contributed by atoms with van der Waals surface area (Å²) in [4.78, 5) is 0. The summed E-state index contributed by atoms with van der Waals surface area (Å²) in [5.41, 5.74) is 8.77. The Labute approximate surface area is 91.4 Å². The zero-order chi connectivity index (χ0) is 10.9. The van der Waals surface area contributed by atoms with Gasteiger partial charge >= 0.3 is 0 Å². The van der Waals surface area contributed by atoms with Crippen molar-refractivity contribution < 1.29 is 4.74 Å². The summed E-state index contributed by atoms with van der Waals surface area (Å²) in [5, 5.41) is 0. The van der Waals surface area contributed by atoms with Gasteiger partial charge in [-0.25, -0.2) is 0 Å². The van der Waals surface area contributed by atoms with Gasteiger partial charge in [0.25, 0.3) is 0 Å². The normalized spacial score (nSPS) is 30.7. The Hall–Kier alpha value is -0.860. The van der Waals surface area contributed by atoms with E-state index >= 15 is 0 Å². The lowest BCUT2D eigenvalue weighted by molar-refractivity contribution is 0.0955. The molecule has 1 aliphatic rings. The van der Waals surface area contributed by atoms with Gasteiger partial charge in [-0.15, -0.1) is 0 Å². The van der Waals surface area contributed by atoms with Crippen LogP contribution in [-0.4, -0.2) is 18.2 Å². The molecule has 0 amide bonds. The molecule has 1 aromatic rings. The number of hydrogen-bond donors (Lipinski definition) is 1. The minimum absolute atomic E-state index is 0.166. The van der Waals surface area contributed by atoms with Crippen LogP contribution in [0.2, 0.25) is 0 Å². The van der Waals surface area contributed by atoms with Crippen molar-refractivity contribution in [1.29, 1.82) is 0 Å². The molecule has 2 N–H and O–H groups in total. The summed E-state index contributed by atoms with van der Waals surface area (Å²) in [7, 11) is 0. The van der Waals surface area contributed by atoms with Crippen molar-refractivity contribution in [3.05, 3.63) is 35.4 Å². The number of ether oxygens (including phenoxy) is 1. The molecule has 0 radical (unpaired) electrons. The highest BCUT2D eigenvalue weighted by atomic mass is 16.5. The molecule has 0 saturated carbocycles. The topological polar surface area (TPSA) is 35.2 Å². The molecule has 2 nitrogen and oxygen atoms in total. The highest BCUT2D eigenvalue weighted by Crippen LogP contribution is 2.27. The molecule has 15 heavy (non-hydrogen) atoms. The predicted molar refractivity (Wildman–Crippen MR) is 61.8 cm³/mol. The lowest BCUT2D eigenvalue weighted by Gasteiger charge is -2.27. The van der Waals surface area contributed by atoms with Gasteiger partial charge in [0.15, 0.2) is 0 Å². The third-order valence-electron chi connectivity index (χ3n) is 3.40. The monoisotopic (exact) mass is 205 g/mol. The molecule has 2 rings (SSSR count). The molecule has 0 aromatic heterocycles. The molecule has 1 heterocycles.